The molecule has 2 aromatic rings. The van der Waals surface area contributed by atoms with Crippen LogP contribution in [0.25, 0.3) is 0 Å². The zero-order valence-electron chi connectivity index (χ0n) is 11.9. The monoisotopic (exact) mass is 283 g/mol. The number of nitrogens with zero attached hydrogens (tertiary/aromatic N) is 2. The molecule has 5 nitrogen and oxygen atoms in total. The molecular weight excluding hydrogens is 266 g/mol. The Labute approximate surface area is 124 Å². The van der Waals surface area contributed by atoms with Gasteiger partial charge in [-0.15, -0.1) is 0 Å². The topological polar surface area (TPSA) is 67.2 Å². The Morgan fingerprint density at radius 3 is 2.76 bits per heavy atom. The second kappa shape index (κ2) is 7.88. The minimum atomic E-state index is 0.0550. The van der Waals surface area contributed by atoms with Gasteiger partial charge in [-0.1, -0.05) is 24.3 Å². The number of nitrogens with one attached hydrogen (secondary N) is 1. The largest absolute Gasteiger partial charge is 0.481 e. The molecule has 0 saturated carbocycles. The second-order valence-electron chi connectivity index (χ2n) is 4.37. The van der Waals surface area contributed by atoms with Gasteiger partial charge >= 0.3 is 0 Å². The highest BCUT2D eigenvalue weighted by Crippen LogP contribution is 2.17. The summed E-state index contributed by atoms with van der Waals surface area (Å²) >= 11 is 0. The predicted molar refractivity (Wildman–Crippen MR) is 78.9 cm³/mol. The van der Waals surface area contributed by atoms with E-state index in [1.165, 1.54) is 0 Å². The molecule has 0 aliphatic rings. The van der Waals surface area contributed by atoms with E-state index in [1.54, 1.807) is 13.3 Å². The molecule has 21 heavy (non-hydrogen) atoms. The van der Waals surface area contributed by atoms with Gasteiger partial charge in [0, 0.05) is 30.9 Å². The summed E-state index contributed by atoms with van der Waals surface area (Å²) < 4.78 is 10.4. The van der Waals surface area contributed by atoms with Crippen LogP contribution in [0, 0.1) is 11.3 Å². The maximum absolute atomic E-state index is 8.58. The maximum atomic E-state index is 8.58. The van der Waals surface area contributed by atoms with Gasteiger partial charge in [0.15, 0.2) is 6.61 Å². The third kappa shape index (κ3) is 4.48. The van der Waals surface area contributed by atoms with E-state index in [1.807, 2.05) is 42.5 Å². The van der Waals surface area contributed by atoms with Gasteiger partial charge in [-0.3, -0.25) is 0 Å². The Kier molecular flexibility index (Phi) is 5.56. The molecule has 0 fully saturated rings. The van der Waals surface area contributed by atoms with Gasteiger partial charge in [0.25, 0.3) is 0 Å². The molecule has 0 saturated heterocycles. The molecule has 1 aromatic carbocycles. The summed E-state index contributed by atoms with van der Waals surface area (Å²) in [7, 11) is 1.60. The number of rotatable bonds is 7. The Balaban J connectivity index is 1.89. The minimum absolute atomic E-state index is 0.0550. The predicted octanol–water partition coefficient (Wildman–Crippen LogP) is 2.28. The van der Waals surface area contributed by atoms with Crippen molar-refractivity contribution in [2.45, 2.75) is 13.1 Å². The molecule has 1 heterocycles. The third-order valence-corrected chi connectivity index (χ3v) is 2.92. The van der Waals surface area contributed by atoms with E-state index in [0.29, 0.717) is 19.0 Å². The van der Waals surface area contributed by atoms with Crippen molar-refractivity contribution in [2.75, 3.05) is 13.7 Å². The highest BCUT2D eigenvalue weighted by Gasteiger charge is 2.02. The molecule has 0 atom stereocenters. The zero-order chi connectivity index (χ0) is 14.9. The molecule has 0 amide bonds. The van der Waals surface area contributed by atoms with E-state index in [4.69, 9.17) is 14.7 Å². The molecule has 0 bridgehead atoms. The molecule has 1 N–H and O–H groups in total. The Bertz CT molecular complexity index is 606. The number of ether oxygens (including phenoxy) is 2. The van der Waals surface area contributed by atoms with Gasteiger partial charge in [-0.05, 0) is 11.6 Å². The standard InChI is InChI=1S/C16H17N3O2/c1-20-16-7-6-13(11-19-16)10-18-12-14-4-2-3-5-15(14)21-9-8-17/h2-7,11,18H,9-10,12H2,1H3. The first kappa shape index (κ1) is 14.8. The lowest BCUT2D eigenvalue weighted by Crippen LogP contribution is -2.14. The quantitative estimate of drug-likeness (QED) is 0.844. The molecule has 0 radical (unpaired) electrons. The summed E-state index contributed by atoms with van der Waals surface area (Å²) in [6.07, 6.45) is 1.78. The SMILES string of the molecule is COc1ccc(CNCc2ccccc2OCC#N)cn1. The van der Waals surface area contributed by atoms with E-state index in [0.717, 1.165) is 16.9 Å². The van der Waals surface area contributed by atoms with Crippen LogP contribution in [0.15, 0.2) is 42.6 Å². The zero-order valence-corrected chi connectivity index (χ0v) is 11.9. The molecule has 5 heteroatoms. The lowest BCUT2D eigenvalue weighted by molar-refractivity contribution is 0.362. The van der Waals surface area contributed by atoms with Gasteiger partial charge in [-0.2, -0.15) is 5.26 Å². The Morgan fingerprint density at radius 1 is 1.19 bits per heavy atom. The normalized spacial score (nSPS) is 9.90. The average molecular weight is 283 g/mol. The van der Waals surface area contributed by atoms with Gasteiger partial charge in [-0.25, -0.2) is 4.98 Å². The van der Waals surface area contributed by atoms with Crippen LogP contribution in [0.3, 0.4) is 0 Å². The van der Waals surface area contributed by atoms with E-state index < -0.39 is 0 Å². The number of hydrogen-bond donors (Lipinski definition) is 1. The number of benzene rings is 1. The van der Waals surface area contributed by atoms with Crippen molar-refractivity contribution in [1.29, 1.82) is 5.26 Å². The van der Waals surface area contributed by atoms with Crippen molar-refractivity contribution in [3.8, 4) is 17.7 Å². The van der Waals surface area contributed by atoms with Crippen LogP contribution in [-0.4, -0.2) is 18.7 Å². The smallest absolute Gasteiger partial charge is 0.212 e. The molecule has 0 aliphatic heterocycles. The lowest BCUT2D eigenvalue weighted by Gasteiger charge is -2.10. The molecule has 108 valence electrons. The fourth-order valence-corrected chi connectivity index (χ4v) is 1.88. The van der Waals surface area contributed by atoms with E-state index in [2.05, 4.69) is 10.3 Å². The molecule has 1 aromatic heterocycles. The van der Waals surface area contributed by atoms with Gasteiger partial charge in [0.05, 0.1) is 7.11 Å². The number of para-hydroxylation sites is 1. The fourth-order valence-electron chi connectivity index (χ4n) is 1.88. The van der Waals surface area contributed by atoms with Crippen molar-refractivity contribution in [3.63, 3.8) is 0 Å². The van der Waals surface area contributed by atoms with Crippen LogP contribution in [0.4, 0.5) is 0 Å². The van der Waals surface area contributed by atoms with Crippen LogP contribution in [-0.2, 0) is 13.1 Å². The van der Waals surface area contributed by atoms with E-state index in [9.17, 15) is 0 Å². The summed E-state index contributed by atoms with van der Waals surface area (Å²) in [5, 5.41) is 11.9. The van der Waals surface area contributed by atoms with Gasteiger partial charge < -0.3 is 14.8 Å². The summed E-state index contributed by atoms with van der Waals surface area (Å²) in [6, 6.07) is 13.5. The number of hydrogen-bond acceptors (Lipinski definition) is 5. The van der Waals surface area contributed by atoms with Crippen molar-refractivity contribution >= 4 is 0 Å². The molecular formula is C16H17N3O2. The number of methoxy groups -OCH3 is 1. The van der Waals surface area contributed by atoms with E-state index in [-0.39, 0.29) is 6.61 Å². The van der Waals surface area contributed by atoms with E-state index >= 15 is 0 Å². The summed E-state index contributed by atoms with van der Waals surface area (Å²) in [6.45, 7) is 1.41. The molecule has 0 unspecified atom stereocenters. The first-order valence-corrected chi connectivity index (χ1v) is 6.61. The summed E-state index contributed by atoms with van der Waals surface area (Å²) in [5.74, 6) is 1.34. The molecule has 2 rings (SSSR count). The summed E-state index contributed by atoms with van der Waals surface area (Å²) in [4.78, 5) is 4.16. The van der Waals surface area contributed by atoms with Crippen molar-refractivity contribution in [3.05, 3.63) is 53.7 Å². The van der Waals surface area contributed by atoms with Crippen LogP contribution >= 0.6 is 0 Å². The van der Waals surface area contributed by atoms with Crippen molar-refractivity contribution in [2.24, 2.45) is 0 Å². The number of nitriles is 1. The highest BCUT2D eigenvalue weighted by molar-refractivity contribution is 5.33. The maximum Gasteiger partial charge on any atom is 0.212 e. The molecule has 0 aliphatic carbocycles. The highest BCUT2D eigenvalue weighted by atomic mass is 16.5. The van der Waals surface area contributed by atoms with Gasteiger partial charge in [0.2, 0.25) is 5.88 Å². The van der Waals surface area contributed by atoms with Crippen LogP contribution in [0.2, 0.25) is 0 Å². The van der Waals surface area contributed by atoms with Crippen LogP contribution < -0.4 is 14.8 Å². The second-order valence-corrected chi connectivity index (χ2v) is 4.37. The van der Waals surface area contributed by atoms with Crippen LogP contribution in [0.1, 0.15) is 11.1 Å². The third-order valence-electron chi connectivity index (χ3n) is 2.92. The first-order valence-electron chi connectivity index (χ1n) is 6.61. The van der Waals surface area contributed by atoms with Gasteiger partial charge in [0.1, 0.15) is 11.8 Å². The Morgan fingerprint density at radius 2 is 2.05 bits per heavy atom. The van der Waals surface area contributed by atoms with Crippen LogP contribution in [0.5, 0.6) is 11.6 Å². The summed E-state index contributed by atoms with van der Waals surface area (Å²) in [5.41, 5.74) is 2.10. The Hall–Kier alpha value is -2.58. The average Bonchev–Trinajstić information content (AvgIpc) is 2.54. The van der Waals surface area contributed by atoms with Crippen molar-refractivity contribution in [1.82, 2.24) is 10.3 Å². The van der Waals surface area contributed by atoms with Crippen molar-refractivity contribution < 1.29 is 9.47 Å². The first-order chi connectivity index (χ1) is 10.3. The number of aromatic nitrogens is 1. The number of pyridine rings is 1. The minimum Gasteiger partial charge on any atom is -0.481 e. The lowest BCUT2D eigenvalue weighted by atomic mass is 10.2. The molecule has 0 spiro atoms. The fraction of sp³-hybridized carbons (Fsp3) is 0.250.